The Bertz CT molecular complexity index is 590. The molecule has 2 aromatic carbocycles. The molecule has 1 atom stereocenters. The van der Waals surface area contributed by atoms with Crippen LogP contribution in [0.5, 0.6) is 11.5 Å². The molecule has 1 saturated heterocycles. The number of hydrogen-bond acceptors (Lipinski definition) is 4. The summed E-state index contributed by atoms with van der Waals surface area (Å²) in [4.78, 5) is 11.9. The maximum atomic E-state index is 11.9. The van der Waals surface area contributed by atoms with E-state index in [4.69, 9.17) is 14.2 Å². The molecule has 0 bridgehead atoms. The van der Waals surface area contributed by atoms with Crippen LogP contribution in [0.1, 0.15) is 10.4 Å². The van der Waals surface area contributed by atoms with E-state index < -0.39 is 0 Å². The van der Waals surface area contributed by atoms with E-state index >= 15 is 0 Å². The Labute approximate surface area is 116 Å². The Kier molecular flexibility index (Phi) is 3.65. The van der Waals surface area contributed by atoms with E-state index in [1.165, 1.54) is 0 Å². The largest absolute Gasteiger partial charge is 0.491 e. The van der Waals surface area contributed by atoms with Crippen LogP contribution in [0.25, 0.3) is 0 Å². The van der Waals surface area contributed by atoms with E-state index in [0.29, 0.717) is 23.7 Å². The molecule has 0 saturated carbocycles. The highest BCUT2D eigenvalue weighted by molar-refractivity contribution is 5.90. The first-order valence-corrected chi connectivity index (χ1v) is 6.43. The molecular weight excluding hydrogens is 256 g/mol. The highest BCUT2D eigenvalue weighted by atomic mass is 16.6. The van der Waals surface area contributed by atoms with Crippen molar-refractivity contribution in [2.75, 3.05) is 13.2 Å². The number of hydrogen-bond donors (Lipinski definition) is 0. The number of carbonyl (C=O) groups is 1. The zero-order chi connectivity index (χ0) is 13.8. The lowest BCUT2D eigenvalue weighted by Gasteiger charge is -2.07. The normalized spacial score (nSPS) is 16.5. The van der Waals surface area contributed by atoms with E-state index in [1.54, 1.807) is 42.5 Å². The summed E-state index contributed by atoms with van der Waals surface area (Å²) in [5.74, 6) is 0.750. The minimum atomic E-state index is -0.381. The Morgan fingerprint density at radius 1 is 1.10 bits per heavy atom. The van der Waals surface area contributed by atoms with Crippen molar-refractivity contribution in [2.45, 2.75) is 6.10 Å². The number of rotatable bonds is 5. The predicted molar refractivity (Wildman–Crippen MR) is 73.1 cm³/mol. The topological polar surface area (TPSA) is 48.1 Å². The average Bonchev–Trinajstić information content (AvgIpc) is 3.31. The molecule has 0 aliphatic carbocycles. The molecule has 0 amide bonds. The maximum absolute atomic E-state index is 11.9. The summed E-state index contributed by atoms with van der Waals surface area (Å²) in [6.07, 6.45) is 0.200. The Morgan fingerprint density at radius 2 is 1.85 bits per heavy atom. The van der Waals surface area contributed by atoms with Gasteiger partial charge in [-0.25, -0.2) is 4.79 Å². The van der Waals surface area contributed by atoms with Crippen LogP contribution >= 0.6 is 0 Å². The molecule has 1 aliphatic heterocycles. The predicted octanol–water partition coefficient (Wildman–Crippen LogP) is 2.68. The number of ether oxygens (including phenoxy) is 3. The number of esters is 1. The molecule has 2 aromatic rings. The third kappa shape index (κ3) is 3.36. The van der Waals surface area contributed by atoms with Crippen LogP contribution in [0.2, 0.25) is 0 Å². The average molecular weight is 270 g/mol. The van der Waals surface area contributed by atoms with E-state index in [9.17, 15) is 4.79 Å². The Hall–Kier alpha value is -2.33. The van der Waals surface area contributed by atoms with Crippen molar-refractivity contribution >= 4 is 5.97 Å². The molecule has 20 heavy (non-hydrogen) atoms. The summed E-state index contributed by atoms with van der Waals surface area (Å²) in [5.41, 5.74) is 0.519. The molecule has 1 aliphatic rings. The molecule has 1 heterocycles. The van der Waals surface area contributed by atoms with Crippen LogP contribution in [0.15, 0.2) is 54.6 Å². The van der Waals surface area contributed by atoms with Crippen LogP contribution in [0.4, 0.5) is 0 Å². The molecule has 1 fully saturated rings. The van der Waals surface area contributed by atoms with Gasteiger partial charge < -0.3 is 14.2 Å². The minimum absolute atomic E-state index is 0.200. The molecule has 4 nitrogen and oxygen atoms in total. The van der Waals surface area contributed by atoms with Crippen LogP contribution in [-0.2, 0) is 4.74 Å². The monoisotopic (exact) mass is 270 g/mol. The van der Waals surface area contributed by atoms with Crippen LogP contribution < -0.4 is 9.47 Å². The number of benzene rings is 2. The van der Waals surface area contributed by atoms with Crippen molar-refractivity contribution in [3.05, 3.63) is 60.2 Å². The molecular formula is C16H14O4. The highest BCUT2D eigenvalue weighted by Crippen LogP contribution is 2.21. The molecule has 4 heteroatoms. The van der Waals surface area contributed by atoms with Gasteiger partial charge in [-0.05, 0) is 24.3 Å². The SMILES string of the molecule is O=C(Oc1cccc(OCC2CO2)c1)c1ccccc1. The van der Waals surface area contributed by atoms with Gasteiger partial charge in [-0.3, -0.25) is 0 Å². The molecule has 1 unspecified atom stereocenters. The lowest BCUT2D eigenvalue weighted by molar-refractivity contribution is 0.0734. The summed E-state index contributed by atoms with van der Waals surface area (Å²) in [6.45, 7) is 1.28. The smallest absolute Gasteiger partial charge is 0.343 e. The summed E-state index contributed by atoms with van der Waals surface area (Å²) < 4.78 is 15.9. The summed E-state index contributed by atoms with van der Waals surface area (Å²) >= 11 is 0. The first-order valence-electron chi connectivity index (χ1n) is 6.43. The van der Waals surface area contributed by atoms with E-state index in [-0.39, 0.29) is 12.1 Å². The fourth-order valence-corrected chi connectivity index (χ4v) is 1.72. The second kappa shape index (κ2) is 5.75. The van der Waals surface area contributed by atoms with Crippen molar-refractivity contribution in [2.24, 2.45) is 0 Å². The third-order valence-electron chi connectivity index (χ3n) is 2.86. The quantitative estimate of drug-likeness (QED) is 0.476. The van der Waals surface area contributed by atoms with Gasteiger partial charge in [0.05, 0.1) is 12.2 Å². The van der Waals surface area contributed by atoms with E-state index in [1.807, 2.05) is 12.1 Å². The fraction of sp³-hybridized carbons (Fsp3) is 0.188. The van der Waals surface area contributed by atoms with Crippen molar-refractivity contribution in [1.82, 2.24) is 0 Å². The summed E-state index contributed by atoms with van der Waals surface area (Å²) in [7, 11) is 0. The fourth-order valence-electron chi connectivity index (χ4n) is 1.72. The van der Waals surface area contributed by atoms with Gasteiger partial charge in [-0.15, -0.1) is 0 Å². The summed E-state index contributed by atoms with van der Waals surface area (Å²) in [6, 6.07) is 15.9. The first-order chi connectivity index (χ1) is 9.81. The number of epoxide rings is 1. The zero-order valence-corrected chi connectivity index (χ0v) is 10.8. The number of carbonyl (C=O) groups excluding carboxylic acids is 1. The van der Waals surface area contributed by atoms with Gasteiger partial charge in [0.25, 0.3) is 0 Å². The van der Waals surface area contributed by atoms with Gasteiger partial charge in [0, 0.05) is 6.07 Å². The minimum Gasteiger partial charge on any atom is -0.491 e. The molecule has 0 spiro atoms. The van der Waals surface area contributed by atoms with Crippen molar-refractivity contribution in [1.29, 1.82) is 0 Å². The van der Waals surface area contributed by atoms with Crippen LogP contribution in [0, 0.1) is 0 Å². The highest BCUT2D eigenvalue weighted by Gasteiger charge is 2.23. The summed E-state index contributed by atoms with van der Waals surface area (Å²) in [5, 5.41) is 0. The van der Waals surface area contributed by atoms with Gasteiger partial charge in [-0.2, -0.15) is 0 Å². The van der Waals surface area contributed by atoms with Crippen molar-refractivity contribution in [3.63, 3.8) is 0 Å². The van der Waals surface area contributed by atoms with Crippen molar-refractivity contribution in [3.8, 4) is 11.5 Å². The second-order valence-electron chi connectivity index (χ2n) is 4.50. The molecule has 0 radical (unpaired) electrons. The lowest BCUT2D eigenvalue weighted by atomic mass is 10.2. The van der Waals surface area contributed by atoms with Gasteiger partial charge >= 0.3 is 5.97 Å². The molecule has 0 N–H and O–H groups in total. The second-order valence-corrected chi connectivity index (χ2v) is 4.50. The Morgan fingerprint density at radius 3 is 2.60 bits per heavy atom. The Balaban J connectivity index is 1.64. The standard InChI is InChI=1S/C16H14O4/c17-16(12-5-2-1-3-6-12)20-14-8-4-7-13(9-14)18-10-15-11-19-15/h1-9,15H,10-11H2. The van der Waals surface area contributed by atoms with Gasteiger partial charge in [0.1, 0.15) is 24.2 Å². The third-order valence-corrected chi connectivity index (χ3v) is 2.86. The van der Waals surface area contributed by atoms with E-state index in [2.05, 4.69) is 0 Å². The molecule has 3 rings (SSSR count). The lowest BCUT2D eigenvalue weighted by Crippen LogP contribution is -2.08. The van der Waals surface area contributed by atoms with Gasteiger partial charge in [0.15, 0.2) is 0 Å². The van der Waals surface area contributed by atoms with Gasteiger partial charge in [-0.1, -0.05) is 24.3 Å². The van der Waals surface area contributed by atoms with Crippen LogP contribution in [-0.4, -0.2) is 25.3 Å². The first kappa shape index (κ1) is 12.7. The molecule has 102 valence electrons. The van der Waals surface area contributed by atoms with E-state index in [0.717, 1.165) is 6.61 Å². The zero-order valence-electron chi connectivity index (χ0n) is 10.8. The van der Waals surface area contributed by atoms with Crippen LogP contribution in [0.3, 0.4) is 0 Å². The molecule has 0 aromatic heterocycles. The van der Waals surface area contributed by atoms with Crippen molar-refractivity contribution < 1.29 is 19.0 Å². The van der Waals surface area contributed by atoms with Gasteiger partial charge in [0.2, 0.25) is 0 Å². The maximum Gasteiger partial charge on any atom is 0.343 e.